The maximum Gasteiger partial charge on any atom is 0.425 e. The molecule has 1 atom stereocenters. The molecule has 4 rings (SSSR count). The molecule has 2 aromatic heterocycles. The molecule has 5 nitrogen and oxygen atoms in total. The number of aromatic nitrogens is 3. The zero-order valence-corrected chi connectivity index (χ0v) is 16.5. The second-order valence-electron chi connectivity index (χ2n) is 7.13. The Balaban J connectivity index is 1.59. The van der Waals surface area contributed by atoms with E-state index in [0.717, 1.165) is 31.3 Å². The van der Waals surface area contributed by atoms with Crippen LogP contribution in [0.4, 0.5) is 18.9 Å². The first-order chi connectivity index (χ1) is 13.8. The number of nitrogens with zero attached hydrogens (tertiary/aromatic N) is 3. The minimum atomic E-state index is -4.48. The number of halogens is 4. The van der Waals surface area contributed by atoms with Crippen molar-refractivity contribution >= 4 is 28.5 Å². The van der Waals surface area contributed by atoms with Crippen molar-refractivity contribution in [1.29, 1.82) is 0 Å². The number of nitrogens with one attached hydrogen (secondary N) is 1. The van der Waals surface area contributed by atoms with Crippen molar-refractivity contribution in [3.05, 3.63) is 35.4 Å². The SMILES string of the molecule is CC(Oc1nc2nc(-c3ccc(N4CCCCC4)cc3)c(Cl)cc2[nH]1)C(F)(F)F. The van der Waals surface area contributed by atoms with Crippen LogP contribution in [0.3, 0.4) is 0 Å². The smallest absolute Gasteiger partial charge is 0.425 e. The van der Waals surface area contributed by atoms with Gasteiger partial charge in [0.25, 0.3) is 6.01 Å². The summed E-state index contributed by atoms with van der Waals surface area (Å²) in [6.45, 7) is 3.02. The minimum Gasteiger partial charge on any atom is -0.452 e. The molecule has 1 aliphatic rings. The third kappa shape index (κ3) is 4.27. The van der Waals surface area contributed by atoms with Crippen LogP contribution in [0.15, 0.2) is 30.3 Å². The van der Waals surface area contributed by atoms with E-state index in [1.807, 2.05) is 24.3 Å². The number of aromatic amines is 1. The fourth-order valence-electron chi connectivity index (χ4n) is 3.37. The molecule has 0 saturated carbocycles. The van der Waals surface area contributed by atoms with Crippen LogP contribution in [0, 0.1) is 0 Å². The normalized spacial score (nSPS) is 16.2. The molecule has 1 saturated heterocycles. The molecular weight excluding hydrogens is 405 g/mol. The van der Waals surface area contributed by atoms with Gasteiger partial charge in [-0.1, -0.05) is 23.7 Å². The second-order valence-corrected chi connectivity index (χ2v) is 7.54. The number of H-pyrrole nitrogens is 1. The summed E-state index contributed by atoms with van der Waals surface area (Å²) in [6.07, 6.45) is -2.80. The first kappa shape index (κ1) is 19.8. The van der Waals surface area contributed by atoms with Crippen LogP contribution in [0.5, 0.6) is 6.01 Å². The molecule has 29 heavy (non-hydrogen) atoms. The van der Waals surface area contributed by atoms with E-state index in [2.05, 4.69) is 19.9 Å². The molecule has 0 bridgehead atoms. The van der Waals surface area contributed by atoms with Crippen LogP contribution >= 0.6 is 11.6 Å². The van der Waals surface area contributed by atoms with Crippen molar-refractivity contribution in [1.82, 2.24) is 15.0 Å². The summed E-state index contributed by atoms with van der Waals surface area (Å²) in [6, 6.07) is 9.31. The van der Waals surface area contributed by atoms with Crippen LogP contribution in [0.25, 0.3) is 22.4 Å². The van der Waals surface area contributed by atoms with Crippen LogP contribution in [-0.2, 0) is 0 Å². The van der Waals surface area contributed by atoms with Gasteiger partial charge in [0.05, 0.1) is 16.2 Å². The van der Waals surface area contributed by atoms with Crippen LogP contribution in [-0.4, -0.2) is 40.3 Å². The lowest BCUT2D eigenvalue weighted by Gasteiger charge is -2.28. The Morgan fingerprint density at radius 2 is 1.79 bits per heavy atom. The highest BCUT2D eigenvalue weighted by atomic mass is 35.5. The van der Waals surface area contributed by atoms with Crippen molar-refractivity contribution in [2.24, 2.45) is 0 Å². The summed E-state index contributed by atoms with van der Waals surface area (Å²) in [4.78, 5) is 13.5. The zero-order valence-electron chi connectivity index (χ0n) is 15.8. The average molecular weight is 425 g/mol. The van der Waals surface area contributed by atoms with E-state index in [9.17, 15) is 13.2 Å². The highest BCUT2D eigenvalue weighted by molar-refractivity contribution is 6.33. The third-order valence-corrected chi connectivity index (χ3v) is 5.30. The molecule has 1 unspecified atom stereocenters. The topological polar surface area (TPSA) is 54.0 Å². The van der Waals surface area contributed by atoms with Gasteiger partial charge in [-0.3, -0.25) is 0 Å². The minimum absolute atomic E-state index is 0.244. The lowest BCUT2D eigenvalue weighted by molar-refractivity contribution is -0.190. The Hall–Kier alpha value is -2.48. The van der Waals surface area contributed by atoms with E-state index in [0.29, 0.717) is 16.2 Å². The van der Waals surface area contributed by atoms with Gasteiger partial charge in [0, 0.05) is 24.3 Å². The number of fused-ring (bicyclic) bond motifs is 1. The molecule has 154 valence electrons. The van der Waals surface area contributed by atoms with Gasteiger partial charge in [0.1, 0.15) is 0 Å². The zero-order chi connectivity index (χ0) is 20.6. The fraction of sp³-hybridized carbons (Fsp3) is 0.400. The van der Waals surface area contributed by atoms with Gasteiger partial charge in [-0.25, -0.2) is 4.98 Å². The van der Waals surface area contributed by atoms with E-state index in [1.165, 1.54) is 19.3 Å². The van der Waals surface area contributed by atoms with E-state index in [-0.39, 0.29) is 11.7 Å². The predicted molar refractivity (Wildman–Crippen MR) is 107 cm³/mol. The van der Waals surface area contributed by atoms with Gasteiger partial charge >= 0.3 is 6.18 Å². The molecule has 0 radical (unpaired) electrons. The van der Waals surface area contributed by atoms with Crippen molar-refractivity contribution in [2.75, 3.05) is 18.0 Å². The summed E-state index contributed by atoms with van der Waals surface area (Å²) in [5, 5.41) is 0.377. The molecule has 1 fully saturated rings. The molecule has 9 heteroatoms. The Kier molecular flexibility index (Phi) is 5.29. The van der Waals surface area contributed by atoms with Gasteiger partial charge in [0.15, 0.2) is 11.8 Å². The molecular formula is C20H20ClF3N4O. The van der Waals surface area contributed by atoms with Gasteiger partial charge in [-0.15, -0.1) is 0 Å². The summed E-state index contributed by atoms with van der Waals surface area (Å²) in [7, 11) is 0. The first-order valence-corrected chi connectivity index (χ1v) is 9.84. The maximum absolute atomic E-state index is 12.7. The molecule has 0 amide bonds. The lowest BCUT2D eigenvalue weighted by Crippen LogP contribution is -2.31. The quantitative estimate of drug-likeness (QED) is 0.592. The van der Waals surface area contributed by atoms with E-state index >= 15 is 0 Å². The number of benzene rings is 1. The Morgan fingerprint density at radius 1 is 1.10 bits per heavy atom. The van der Waals surface area contributed by atoms with Crippen molar-refractivity contribution in [3.63, 3.8) is 0 Å². The largest absolute Gasteiger partial charge is 0.452 e. The molecule has 0 aliphatic carbocycles. The van der Waals surface area contributed by atoms with Gasteiger partial charge in [0.2, 0.25) is 0 Å². The van der Waals surface area contributed by atoms with Crippen LogP contribution in [0.1, 0.15) is 26.2 Å². The number of piperidine rings is 1. The van der Waals surface area contributed by atoms with Crippen molar-refractivity contribution < 1.29 is 17.9 Å². The molecule has 3 heterocycles. The number of alkyl halides is 3. The summed E-state index contributed by atoms with van der Waals surface area (Å²) < 4.78 is 43.0. The maximum atomic E-state index is 12.7. The molecule has 1 N–H and O–H groups in total. The Bertz CT molecular complexity index is 997. The van der Waals surface area contributed by atoms with Gasteiger partial charge in [-0.2, -0.15) is 18.2 Å². The van der Waals surface area contributed by atoms with Crippen molar-refractivity contribution in [2.45, 2.75) is 38.5 Å². The highest BCUT2D eigenvalue weighted by Crippen LogP contribution is 2.32. The number of imidazole rings is 1. The third-order valence-electron chi connectivity index (χ3n) is 5.02. The number of ether oxygens (including phenoxy) is 1. The molecule has 3 aromatic rings. The summed E-state index contributed by atoms with van der Waals surface area (Å²) in [5.41, 5.74) is 3.14. The standard InChI is InChI=1S/C20H20ClF3N4O/c1-12(20(22,23)24)29-19-25-16-11-15(21)17(26-18(16)27-19)13-5-7-14(8-6-13)28-9-3-2-4-10-28/h5-8,11-12H,2-4,9-10H2,1H3,(H,25,26,27). The second kappa shape index (κ2) is 7.74. The lowest BCUT2D eigenvalue weighted by atomic mass is 10.1. The van der Waals surface area contributed by atoms with Gasteiger partial charge in [-0.05, 0) is 44.4 Å². The predicted octanol–water partition coefficient (Wildman–Crippen LogP) is 5.60. The number of rotatable bonds is 4. The number of pyridine rings is 1. The summed E-state index contributed by atoms with van der Waals surface area (Å²) in [5.74, 6) is 0. The highest BCUT2D eigenvalue weighted by Gasteiger charge is 2.38. The Labute approximate surface area is 170 Å². The van der Waals surface area contributed by atoms with Crippen molar-refractivity contribution in [3.8, 4) is 17.3 Å². The first-order valence-electron chi connectivity index (χ1n) is 9.46. The number of anilines is 1. The van der Waals surface area contributed by atoms with Crippen LogP contribution in [0.2, 0.25) is 5.02 Å². The summed E-state index contributed by atoms with van der Waals surface area (Å²) >= 11 is 6.37. The molecule has 0 spiro atoms. The molecule has 1 aliphatic heterocycles. The monoisotopic (exact) mass is 424 g/mol. The van der Waals surface area contributed by atoms with Crippen LogP contribution < -0.4 is 9.64 Å². The fourth-order valence-corrected chi connectivity index (χ4v) is 3.63. The van der Waals surface area contributed by atoms with Gasteiger partial charge < -0.3 is 14.6 Å². The number of hydrogen-bond acceptors (Lipinski definition) is 4. The Morgan fingerprint density at radius 3 is 2.45 bits per heavy atom. The average Bonchev–Trinajstić information content (AvgIpc) is 3.08. The van der Waals surface area contributed by atoms with E-state index in [1.54, 1.807) is 6.07 Å². The van der Waals surface area contributed by atoms with E-state index < -0.39 is 12.3 Å². The number of hydrogen-bond donors (Lipinski definition) is 1. The van der Waals surface area contributed by atoms with E-state index in [4.69, 9.17) is 16.3 Å². The molecule has 1 aromatic carbocycles.